The van der Waals surface area contributed by atoms with E-state index in [1.807, 2.05) is 39.0 Å². The van der Waals surface area contributed by atoms with Crippen LogP contribution in [0, 0.1) is 12.7 Å². The van der Waals surface area contributed by atoms with E-state index in [1.165, 1.54) is 12.3 Å². The van der Waals surface area contributed by atoms with E-state index in [0.29, 0.717) is 35.8 Å². The summed E-state index contributed by atoms with van der Waals surface area (Å²) in [6, 6.07) is 9.45. The second-order valence-electron chi connectivity index (χ2n) is 8.02. The first-order valence-corrected chi connectivity index (χ1v) is 10.5. The van der Waals surface area contributed by atoms with Gasteiger partial charge in [-0.25, -0.2) is 14.1 Å². The van der Waals surface area contributed by atoms with Gasteiger partial charge in [0.15, 0.2) is 11.6 Å². The number of fused-ring (bicyclic) bond motifs is 7. The Bertz CT molecular complexity index is 1330. The van der Waals surface area contributed by atoms with Crippen molar-refractivity contribution >= 4 is 5.82 Å². The molecule has 0 fully saturated rings. The van der Waals surface area contributed by atoms with Crippen LogP contribution in [-0.2, 0) is 13.0 Å². The van der Waals surface area contributed by atoms with E-state index in [-0.39, 0.29) is 6.10 Å². The lowest BCUT2D eigenvalue weighted by Crippen LogP contribution is -2.12. The summed E-state index contributed by atoms with van der Waals surface area (Å²) in [6.07, 6.45) is 3.28. The van der Waals surface area contributed by atoms with E-state index in [2.05, 4.69) is 26.3 Å². The molecule has 5 rings (SSSR count). The number of ether oxygens (including phenoxy) is 1. The van der Waals surface area contributed by atoms with Crippen LogP contribution >= 0.6 is 0 Å². The van der Waals surface area contributed by atoms with E-state index in [1.54, 1.807) is 10.9 Å². The van der Waals surface area contributed by atoms with Crippen LogP contribution in [0.2, 0.25) is 0 Å². The number of rotatable bonds is 1. The van der Waals surface area contributed by atoms with Crippen LogP contribution in [0.3, 0.4) is 0 Å². The van der Waals surface area contributed by atoms with E-state index in [9.17, 15) is 4.39 Å². The summed E-state index contributed by atoms with van der Waals surface area (Å²) < 4.78 is 22.3. The third kappa shape index (κ3) is 3.37. The fourth-order valence-electron chi connectivity index (χ4n) is 4.19. The summed E-state index contributed by atoms with van der Waals surface area (Å²) in [5.74, 6) is 0.400. The number of pyridine rings is 2. The topological polar surface area (TPSA) is 91.7 Å². The Morgan fingerprint density at radius 3 is 2.84 bits per heavy atom. The molecule has 1 aliphatic rings. The highest BCUT2D eigenvalue weighted by atomic mass is 19.1. The van der Waals surface area contributed by atoms with Gasteiger partial charge in [-0.05, 0) is 32.4 Å². The zero-order valence-electron chi connectivity index (χ0n) is 18.1. The van der Waals surface area contributed by atoms with Gasteiger partial charge >= 0.3 is 0 Å². The Hall–Kier alpha value is -3.81. The van der Waals surface area contributed by atoms with E-state index >= 15 is 0 Å². The molecule has 1 atom stereocenters. The molecule has 32 heavy (non-hydrogen) atoms. The number of anilines is 1. The zero-order valence-corrected chi connectivity index (χ0v) is 18.1. The summed E-state index contributed by atoms with van der Waals surface area (Å²) in [7, 11) is 0. The van der Waals surface area contributed by atoms with Gasteiger partial charge in [-0.1, -0.05) is 35.9 Å². The SMILES string of the molecule is CCc1nnn2c1-c1cnc(N)c(c1)O[C@H](C)c1cc(C)ccc1-c1ncc(F)cc1C2. The third-order valence-corrected chi connectivity index (χ3v) is 5.75. The Morgan fingerprint density at radius 2 is 2.03 bits per heavy atom. The Kier molecular flexibility index (Phi) is 4.84. The number of aromatic nitrogens is 5. The smallest absolute Gasteiger partial charge is 0.166 e. The van der Waals surface area contributed by atoms with Gasteiger partial charge in [0.1, 0.15) is 11.9 Å². The second kappa shape index (κ2) is 7.71. The Labute approximate surface area is 185 Å². The molecular formula is C24H23FN6O. The number of nitrogen functional groups attached to an aromatic ring is 1. The summed E-state index contributed by atoms with van der Waals surface area (Å²) >= 11 is 0. The Balaban J connectivity index is 1.83. The zero-order chi connectivity index (χ0) is 22.4. The Morgan fingerprint density at radius 1 is 1.19 bits per heavy atom. The first kappa shape index (κ1) is 20.1. The van der Waals surface area contributed by atoms with E-state index in [0.717, 1.165) is 33.6 Å². The maximum atomic E-state index is 14.3. The first-order valence-electron chi connectivity index (χ1n) is 10.5. The molecule has 1 aliphatic heterocycles. The van der Waals surface area contributed by atoms with Crippen LogP contribution in [-0.4, -0.2) is 25.0 Å². The summed E-state index contributed by atoms with van der Waals surface area (Å²) in [5, 5.41) is 8.71. The van der Waals surface area contributed by atoms with Gasteiger partial charge in [0.25, 0.3) is 0 Å². The molecule has 1 aromatic carbocycles. The molecular weight excluding hydrogens is 407 g/mol. The van der Waals surface area contributed by atoms with Crippen LogP contribution < -0.4 is 10.5 Å². The predicted molar refractivity (Wildman–Crippen MR) is 120 cm³/mol. The summed E-state index contributed by atoms with van der Waals surface area (Å²) in [6.45, 7) is 6.30. The number of hydrogen-bond acceptors (Lipinski definition) is 6. The van der Waals surface area contributed by atoms with Crippen molar-refractivity contribution in [3.05, 3.63) is 70.9 Å². The van der Waals surface area contributed by atoms with Gasteiger partial charge in [-0.15, -0.1) is 5.10 Å². The van der Waals surface area contributed by atoms with Crippen molar-refractivity contribution in [1.29, 1.82) is 0 Å². The molecule has 0 saturated heterocycles. The van der Waals surface area contributed by atoms with Crippen molar-refractivity contribution < 1.29 is 9.13 Å². The van der Waals surface area contributed by atoms with E-state index in [4.69, 9.17) is 10.5 Å². The number of halogens is 1. The van der Waals surface area contributed by atoms with Crippen molar-refractivity contribution in [1.82, 2.24) is 25.0 Å². The number of aryl methyl sites for hydroxylation is 2. The minimum atomic E-state index is -0.400. The normalized spacial score (nSPS) is 14.9. The van der Waals surface area contributed by atoms with Crippen molar-refractivity contribution in [3.63, 3.8) is 0 Å². The molecule has 4 aromatic rings. The van der Waals surface area contributed by atoms with Gasteiger partial charge < -0.3 is 10.5 Å². The van der Waals surface area contributed by atoms with Crippen molar-refractivity contribution in [2.45, 2.75) is 39.8 Å². The number of hydrogen-bond donors (Lipinski definition) is 1. The highest BCUT2D eigenvalue weighted by Crippen LogP contribution is 2.37. The number of nitrogens with zero attached hydrogens (tertiary/aromatic N) is 5. The molecule has 0 aliphatic carbocycles. The minimum Gasteiger partial charge on any atom is -0.482 e. The minimum absolute atomic E-state index is 0.310. The molecule has 0 radical (unpaired) electrons. The van der Waals surface area contributed by atoms with Crippen LogP contribution in [0.5, 0.6) is 5.75 Å². The molecule has 8 heteroatoms. The molecule has 0 saturated carbocycles. The standard InChI is InChI=1S/C24H23FN6O/c1-4-20-23-15-9-21(24(26)28-10-15)32-14(3)19-7-13(2)5-6-18(19)22-16(8-17(25)11-27-22)12-31(23)30-29-20/h5-11,14H,4,12H2,1-3H3,(H2,26,28)/t14-/m1/s1. The van der Waals surface area contributed by atoms with Gasteiger partial charge in [-0.2, -0.15) is 0 Å². The quantitative estimate of drug-likeness (QED) is 0.478. The highest BCUT2D eigenvalue weighted by Gasteiger charge is 2.23. The lowest BCUT2D eigenvalue weighted by molar-refractivity contribution is 0.228. The van der Waals surface area contributed by atoms with Gasteiger partial charge in [0.2, 0.25) is 0 Å². The largest absolute Gasteiger partial charge is 0.482 e. The third-order valence-electron chi connectivity index (χ3n) is 5.75. The summed E-state index contributed by atoms with van der Waals surface area (Å²) in [5.41, 5.74) is 12.9. The van der Waals surface area contributed by atoms with Crippen molar-refractivity contribution in [3.8, 4) is 28.3 Å². The molecule has 3 aromatic heterocycles. The molecule has 2 bridgehead atoms. The molecule has 4 heterocycles. The van der Waals surface area contributed by atoms with Crippen LogP contribution in [0.25, 0.3) is 22.5 Å². The van der Waals surface area contributed by atoms with Crippen molar-refractivity contribution in [2.24, 2.45) is 0 Å². The predicted octanol–water partition coefficient (Wildman–Crippen LogP) is 4.50. The maximum Gasteiger partial charge on any atom is 0.166 e. The van der Waals surface area contributed by atoms with Gasteiger partial charge in [0, 0.05) is 28.5 Å². The molecule has 0 unspecified atom stereocenters. The summed E-state index contributed by atoms with van der Waals surface area (Å²) in [4.78, 5) is 8.83. The van der Waals surface area contributed by atoms with Gasteiger partial charge in [-0.3, -0.25) is 4.98 Å². The van der Waals surface area contributed by atoms with Crippen LogP contribution in [0.1, 0.15) is 42.3 Å². The monoisotopic (exact) mass is 430 g/mol. The van der Waals surface area contributed by atoms with E-state index < -0.39 is 5.82 Å². The number of nitrogens with two attached hydrogens (primary N) is 1. The van der Waals surface area contributed by atoms with Crippen LogP contribution in [0.15, 0.2) is 42.7 Å². The molecule has 0 spiro atoms. The number of benzene rings is 1. The van der Waals surface area contributed by atoms with Crippen molar-refractivity contribution in [2.75, 3.05) is 5.73 Å². The van der Waals surface area contributed by atoms with Gasteiger partial charge in [0.05, 0.1) is 29.8 Å². The average molecular weight is 430 g/mol. The fourth-order valence-corrected chi connectivity index (χ4v) is 4.19. The molecule has 162 valence electrons. The maximum absolute atomic E-state index is 14.3. The molecule has 2 N–H and O–H groups in total. The molecule has 0 amide bonds. The highest BCUT2D eigenvalue weighted by molar-refractivity contribution is 5.70. The van der Waals surface area contributed by atoms with Crippen LogP contribution in [0.4, 0.5) is 10.2 Å². The average Bonchev–Trinajstić information content (AvgIpc) is 3.17. The fraction of sp³-hybridized carbons (Fsp3) is 0.250. The lowest BCUT2D eigenvalue weighted by atomic mass is 9.95. The second-order valence-corrected chi connectivity index (χ2v) is 8.02. The molecule has 7 nitrogen and oxygen atoms in total. The first-order chi connectivity index (χ1) is 15.4. The lowest BCUT2D eigenvalue weighted by Gasteiger charge is -2.22.